The molecular formula is C58H37NO. The Kier molecular flexibility index (Phi) is 7.89. The van der Waals surface area contributed by atoms with Gasteiger partial charge in [0.1, 0.15) is 11.2 Å². The minimum absolute atomic E-state index is 0.915. The zero-order valence-electron chi connectivity index (χ0n) is 32.7. The summed E-state index contributed by atoms with van der Waals surface area (Å²) >= 11 is 0. The van der Waals surface area contributed by atoms with E-state index in [1.807, 2.05) is 6.07 Å². The highest BCUT2D eigenvalue weighted by atomic mass is 16.3. The normalized spacial score (nSPS) is 11.7. The van der Waals surface area contributed by atoms with Gasteiger partial charge in [0, 0.05) is 27.7 Å². The Bertz CT molecular complexity index is 3600. The summed E-state index contributed by atoms with van der Waals surface area (Å²) in [5, 5.41) is 12.1. The van der Waals surface area contributed by atoms with E-state index in [1.165, 1.54) is 81.9 Å². The van der Waals surface area contributed by atoms with Gasteiger partial charge < -0.3 is 9.32 Å². The summed E-state index contributed by atoms with van der Waals surface area (Å²) in [5.74, 6) is 0. The summed E-state index contributed by atoms with van der Waals surface area (Å²) in [6, 6.07) is 81.4. The van der Waals surface area contributed by atoms with Crippen LogP contribution in [0.3, 0.4) is 0 Å². The summed E-state index contributed by atoms with van der Waals surface area (Å²) in [5.41, 5.74) is 12.3. The highest BCUT2D eigenvalue weighted by Gasteiger charge is 2.19. The fourth-order valence-corrected chi connectivity index (χ4v) is 9.32. The molecule has 280 valence electrons. The second kappa shape index (κ2) is 13.9. The van der Waals surface area contributed by atoms with Crippen LogP contribution in [-0.4, -0.2) is 0 Å². The van der Waals surface area contributed by atoms with Crippen LogP contribution in [0.2, 0.25) is 0 Å². The van der Waals surface area contributed by atoms with E-state index < -0.39 is 0 Å². The average Bonchev–Trinajstić information content (AvgIpc) is 3.71. The third-order valence-corrected chi connectivity index (χ3v) is 12.2. The summed E-state index contributed by atoms with van der Waals surface area (Å²) in [7, 11) is 0. The molecule has 0 aliphatic heterocycles. The standard InChI is InChI=1S/C58H37NO/c1-2-12-39(13-3-1)49-16-8-10-20-55(49)59(46-30-27-40(28-31-46)53-37-44-14-4-5-15-48(44)50-17-6-7-18-51(50)53)47-32-26-38-22-24-42(34-45(38)35-47)43-25-23-41-29-33-57-58(54(41)36-43)52-19-9-11-21-56(52)60-57/h1-37H. The number of hydrogen-bond acceptors (Lipinski definition) is 2. The molecule has 0 spiro atoms. The Hall–Kier alpha value is -7.94. The predicted octanol–water partition coefficient (Wildman–Crippen LogP) is 16.7. The van der Waals surface area contributed by atoms with Crippen LogP contribution in [0.1, 0.15) is 0 Å². The van der Waals surface area contributed by atoms with Crippen LogP contribution in [-0.2, 0) is 0 Å². The monoisotopic (exact) mass is 763 g/mol. The summed E-state index contributed by atoms with van der Waals surface area (Å²) in [6.07, 6.45) is 0. The topological polar surface area (TPSA) is 16.4 Å². The Balaban J connectivity index is 1.00. The first-order chi connectivity index (χ1) is 29.7. The molecule has 1 aromatic heterocycles. The van der Waals surface area contributed by atoms with Gasteiger partial charge in [-0.2, -0.15) is 0 Å². The van der Waals surface area contributed by atoms with Crippen molar-refractivity contribution in [1.82, 2.24) is 0 Å². The number of rotatable bonds is 6. The van der Waals surface area contributed by atoms with Gasteiger partial charge in [0.25, 0.3) is 0 Å². The maximum absolute atomic E-state index is 6.27. The molecule has 0 saturated carbocycles. The van der Waals surface area contributed by atoms with Crippen molar-refractivity contribution < 1.29 is 4.42 Å². The summed E-state index contributed by atoms with van der Waals surface area (Å²) < 4.78 is 6.27. The fourth-order valence-electron chi connectivity index (χ4n) is 9.32. The molecule has 0 amide bonds. The zero-order valence-corrected chi connectivity index (χ0v) is 32.7. The van der Waals surface area contributed by atoms with E-state index in [0.29, 0.717) is 0 Å². The van der Waals surface area contributed by atoms with Crippen LogP contribution in [0.4, 0.5) is 17.1 Å². The number of benzene rings is 11. The molecule has 2 heteroatoms. The lowest BCUT2D eigenvalue weighted by Gasteiger charge is -2.28. The Morgan fingerprint density at radius 2 is 0.900 bits per heavy atom. The lowest BCUT2D eigenvalue weighted by molar-refractivity contribution is 0.669. The largest absolute Gasteiger partial charge is 0.456 e. The van der Waals surface area contributed by atoms with Gasteiger partial charge in [0.05, 0.1) is 5.69 Å². The minimum Gasteiger partial charge on any atom is -0.456 e. The Labute approximate surface area is 347 Å². The molecule has 0 radical (unpaired) electrons. The van der Waals surface area contributed by atoms with Crippen molar-refractivity contribution in [2.24, 2.45) is 0 Å². The summed E-state index contributed by atoms with van der Waals surface area (Å²) in [6.45, 7) is 0. The molecule has 0 bridgehead atoms. The highest BCUT2D eigenvalue weighted by molar-refractivity contribution is 6.19. The van der Waals surface area contributed by atoms with E-state index in [9.17, 15) is 0 Å². The number of para-hydroxylation sites is 2. The van der Waals surface area contributed by atoms with Crippen molar-refractivity contribution in [3.8, 4) is 33.4 Å². The Morgan fingerprint density at radius 1 is 0.283 bits per heavy atom. The second-order valence-electron chi connectivity index (χ2n) is 15.7. The van der Waals surface area contributed by atoms with Crippen LogP contribution in [0, 0.1) is 0 Å². The maximum Gasteiger partial charge on any atom is 0.136 e. The number of furan rings is 1. The first-order valence-corrected chi connectivity index (χ1v) is 20.6. The van der Waals surface area contributed by atoms with Gasteiger partial charge in [-0.1, -0.05) is 164 Å². The summed E-state index contributed by atoms with van der Waals surface area (Å²) in [4.78, 5) is 2.41. The van der Waals surface area contributed by atoms with E-state index in [4.69, 9.17) is 4.42 Å². The molecule has 12 rings (SSSR count). The fraction of sp³-hybridized carbons (Fsp3) is 0. The third-order valence-electron chi connectivity index (χ3n) is 12.2. The van der Waals surface area contributed by atoms with Crippen molar-refractivity contribution in [3.05, 3.63) is 224 Å². The third kappa shape index (κ3) is 5.65. The lowest BCUT2D eigenvalue weighted by Crippen LogP contribution is -2.11. The number of anilines is 3. The van der Waals surface area contributed by atoms with Gasteiger partial charge in [-0.15, -0.1) is 0 Å². The zero-order chi connectivity index (χ0) is 39.6. The molecule has 0 fully saturated rings. The molecule has 12 aromatic rings. The predicted molar refractivity (Wildman–Crippen MR) is 255 cm³/mol. The van der Waals surface area contributed by atoms with E-state index >= 15 is 0 Å². The van der Waals surface area contributed by atoms with Crippen LogP contribution in [0.25, 0.3) is 98.4 Å². The smallest absolute Gasteiger partial charge is 0.136 e. The molecule has 11 aromatic carbocycles. The molecule has 0 N–H and O–H groups in total. The second-order valence-corrected chi connectivity index (χ2v) is 15.7. The van der Waals surface area contributed by atoms with Crippen molar-refractivity contribution in [2.75, 3.05) is 4.90 Å². The number of nitrogens with zero attached hydrogens (tertiary/aromatic N) is 1. The van der Waals surface area contributed by atoms with Crippen molar-refractivity contribution in [1.29, 1.82) is 0 Å². The number of hydrogen-bond donors (Lipinski definition) is 0. The van der Waals surface area contributed by atoms with Crippen LogP contribution >= 0.6 is 0 Å². The van der Waals surface area contributed by atoms with Gasteiger partial charge >= 0.3 is 0 Å². The molecule has 0 saturated heterocycles. The molecule has 0 aliphatic rings. The van der Waals surface area contributed by atoms with Crippen molar-refractivity contribution in [2.45, 2.75) is 0 Å². The molecule has 0 atom stereocenters. The molecule has 2 nitrogen and oxygen atoms in total. The van der Waals surface area contributed by atoms with Crippen LogP contribution in [0.5, 0.6) is 0 Å². The number of fused-ring (bicyclic) bond motifs is 9. The highest BCUT2D eigenvalue weighted by Crippen LogP contribution is 2.44. The molecule has 1 heterocycles. The van der Waals surface area contributed by atoms with Gasteiger partial charge in [0.15, 0.2) is 0 Å². The van der Waals surface area contributed by atoms with Gasteiger partial charge in [0.2, 0.25) is 0 Å². The maximum atomic E-state index is 6.27. The van der Waals surface area contributed by atoms with E-state index in [1.54, 1.807) is 0 Å². The Morgan fingerprint density at radius 3 is 1.77 bits per heavy atom. The van der Waals surface area contributed by atoms with Gasteiger partial charge in [-0.25, -0.2) is 0 Å². The van der Waals surface area contributed by atoms with E-state index in [0.717, 1.165) is 33.6 Å². The van der Waals surface area contributed by atoms with Crippen molar-refractivity contribution in [3.63, 3.8) is 0 Å². The molecule has 0 unspecified atom stereocenters. The van der Waals surface area contributed by atoms with Gasteiger partial charge in [-0.3, -0.25) is 0 Å². The molecule has 60 heavy (non-hydrogen) atoms. The van der Waals surface area contributed by atoms with Crippen LogP contribution in [0.15, 0.2) is 229 Å². The SMILES string of the molecule is c1ccc(-c2ccccc2N(c2ccc(-c3cc4ccccc4c4ccccc34)cc2)c2ccc3ccc(-c4ccc5ccc6oc7ccccc7c6c5c4)cc3c2)cc1. The van der Waals surface area contributed by atoms with Crippen LogP contribution < -0.4 is 4.90 Å². The lowest BCUT2D eigenvalue weighted by atomic mass is 9.93. The van der Waals surface area contributed by atoms with Gasteiger partial charge in [-0.05, 0) is 132 Å². The average molecular weight is 764 g/mol. The first-order valence-electron chi connectivity index (χ1n) is 20.6. The van der Waals surface area contributed by atoms with E-state index in [-0.39, 0.29) is 0 Å². The molecular weight excluding hydrogens is 727 g/mol. The molecule has 0 aliphatic carbocycles. The van der Waals surface area contributed by atoms with Crippen molar-refractivity contribution >= 4 is 82.1 Å². The quantitative estimate of drug-likeness (QED) is 0.157. The van der Waals surface area contributed by atoms with E-state index in [2.05, 4.69) is 223 Å². The minimum atomic E-state index is 0.915. The first kappa shape index (κ1) is 34.1.